The number of aromatic carboxylic acids is 1. The van der Waals surface area contributed by atoms with Gasteiger partial charge in [0.1, 0.15) is 11.6 Å². The van der Waals surface area contributed by atoms with E-state index >= 15 is 0 Å². The van der Waals surface area contributed by atoms with Gasteiger partial charge in [-0.1, -0.05) is 0 Å². The highest BCUT2D eigenvalue weighted by molar-refractivity contribution is 9.10. The third kappa shape index (κ3) is 3.08. The molecule has 0 aliphatic carbocycles. The minimum atomic E-state index is -1.32. The van der Waals surface area contributed by atoms with E-state index in [9.17, 15) is 9.18 Å². The van der Waals surface area contributed by atoms with Gasteiger partial charge in [-0.15, -0.1) is 0 Å². The van der Waals surface area contributed by atoms with Crippen molar-refractivity contribution >= 4 is 21.9 Å². The molecule has 0 aliphatic rings. The van der Waals surface area contributed by atoms with Crippen LogP contribution in [0.1, 0.15) is 16.1 Å². The largest absolute Gasteiger partial charge is 0.478 e. The highest BCUT2D eigenvalue weighted by Gasteiger charge is 2.11. The molecule has 6 heteroatoms. The third-order valence-corrected chi connectivity index (χ3v) is 3.23. The molecule has 1 N–H and O–H groups in total. The Balaban J connectivity index is 2.26. The Morgan fingerprint density at radius 3 is 2.68 bits per heavy atom. The first-order valence-corrected chi connectivity index (χ1v) is 6.10. The first kappa shape index (κ1) is 13.5. The number of aromatic nitrogens is 1. The summed E-state index contributed by atoms with van der Waals surface area (Å²) in [6, 6.07) is 6.94. The molecule has 19 heavy (non-hydrogen) atoms. The zero-order valence-electron chi connectivity index (χ0n) is 9.85. The molecule has 2 rings (SSSR count). The minimum absolute atomic E-state index is 0.191. The number of carboxylic acids is 1. The van der Waals surface area contributed by atoms with Gasteiger partial charge in [0.25, 0.3) is 0 Å². The molecule has 2 aromatic rings. The van der Waals surface area contributed by atoms with Crippen molar-refractivity contribution in [3.63, 3.8) is 0 Å². The van der Waals surface area contributed by atoms with Gasteiger partial charge in [-0.25, -0.2) is 14.2 Å². The highest BCUT2D eigenvalue weighted by atomic mass is 79.9. The van der Waals surface area contributed by atoms with Crippen LogP contribution in [-0.4, -0.2) is 16.1 Å². The van der Waals surface area contributed by atoms with Crippen LogP contribution >= 0.6 is 15.9 Å². The molecule has 0 atom stereocenters. The summed E-state index contributed by atoms with van der Waals surface area (Å²) in [5.41, 5.74) is 0.340. The van der Waals surface area contributed by atoms with Gasteiger partial charge in [0.15, 0.2) is 0 Å². The number of rotatable bonds is 3. The number of carboxylic acid groups (broad SMARTS) is 1. The van der Waals surface area contributed by atoms with Crippen molar-refractivity contribution < 1.29 is 19.0 Å². The molecule has 0 amide bonds. The van der Waals surface area contributed by atoms with Gasteiger partial charge in [-0.3, -0.25) is 0 Å². The second-order valence-electron chi connectivity index (χ2n) is 3.77. The predicted octanol–water partition coefficient (Wildman–Crippen LogP) is 3.78. The van der Waals surface area contributed by atoms with E-state index in [1.54, 1.807) is 19.1 Å². The first-order chi connectivity index (χ1) is 8.97. The van der Waals surface area contributed by atoms with Crippen molar-refractivity contribution in [2.75, 3.05) is 0 Å². The van der Waals surface area contributed by atoms with Crippen LogP contribution < -0.4 is 4.74 Å². The van der Waals surface area contributed by atoms with E-state index in [-0.39, 0.29) is 5.75 Å². The van der Waals surface area contributed by atoms with Crippen LogP contribution in [0.2, 0.25) is 0 Å². The fraction of sp³-hybridized carbons (Fsp3) is 0.0769. The maximum absolute atomic E-state index is 13.5. The monoisotopic (exact) mass is 325 g/mol. The van der Waals surface area contributed by atoms with Gasteiger partial charge < -0.3 is 9.84 Å². The lowest BCUT2D eigenvalue weighted by Crippen LogP contribution is -2.00. The van der Waals surface area contributed by atoms with Gasteiger partial charge in [0, 0.05) is 16.6 Å². The molecule has 4 nitrogen and oxygen atoms in total. The van der Waals surface area contributed by atoms with Crippen LogP contribution in [0.3, 0.4) is 0 Å². The van der Waals surface area contributed by atoms with E-state index in [0.29, 0.717) is 5.88 Å². The number of benzene rings is 1. The quantitative estimate of drug-likeness (QED) is 0.932. The molecule has 0 unspecified atom stereocenters. The fourth-order valence-corrected chi connectivity index (χ4v) is 1.65. The molecule has 0 bridgehead atoms. The molecule has 1 heterocycles. The number of hydrogen-bond donors (Lipinski definition) is 1. The zero-order valence-corrected chi connectivity index (χ0v) is 11.4. The van der Waals surface area contributed by atoms with E-state index in [1.807, 2.05) is 0 Å². The topological polar surface area (TPSA) is 59.4 Å². The van der Waals surface area contributed by atoms with Gasteiger partial charge >= 0.3 is 5.97 Å². The van der Waals surface area contributed by atoms with E-state index in [2.05, 4.69) is 20.9 Å². The Morgan fingerprint density at radius 2 is 2.11 bits per heavy atom. The zero-order chi connectivity index (χ0) is 14.0. The second kappa shape index (κ2) is 5.36. The molecule has 0 fully saturated rings. The molecular formula is C13H9BrFNO3. The minimum Gasteiger partial charge on any atom is -0.478 e. The molecule has 1 aromatic carbocycles. The summed E-state index contributed by atoms with van der Waals surface area (Å²) in [6.07, 6.45) is 0. The van der Waals surface area contributed by atoms with Crippen molar-refractivity contribution in [1.29, 1.82) is 0 Å². The van der Waals surface area contributed by atoms with Crippen LogP contribution in [0.5, 0.6) is 11.6 Å². The van der Waals surface area contributed by atoms with Gasteiger partial charge in [-0.2, -0.15) is 0 Å². The highest BCUT2D eigenvalue weighted by Crippen LogP contribution is 2.24. The summed E-state index contributed by atoms with van der Waals surface area (Å²) in [6.45, 7) is 1.80. The molecule has 0 spiro atoms. The standard InChI is InChI=1S/C13H9BrFNO3/c1-7-10(14)4-5-12(16-7)19-8-2-3-9(13(17)18)11(15)6-8/h2-6H,1H3,(H,17,18). The van der Waals surface area contributed by atoms with Crippen molar-refractivity contribution in [2.24, 2.45) is 0 Å². The molecule has 1 aromatic heterocycles. The van der Waals surface area contributed by atoms with Crippen LogP contribution in [0.4, 0.5) is 4.39 Å². The molecule has 0 aliphatic heterocycles. The molecule has 0 saturated heterocycles. The molecular weight excluding hydrogens is 317 g/mol. The normalized spacial score (nSPS) is 10.3. The SMILES string of the molecule is Cc1nc(Oc2ccc(C(=O)O)c(F)c2)ccc1Br. The second-order valence-corrected chi connectivity index (χ2v) is 4.62. The Labute approximate surface area is 117 Å². The average molecular weight is 326 g/mol. The van der Waals surface area contributed by atoms with Gasteiger partial charge in [0.05, 0.1) is 11.3 Å². The van der Waals surface area contributed by atoms with Crippen molar-refractivity contribution in [3.8, 4) is 11.6 Å². The Hall–Kier alpha value is -1.95. The summed E-state index contributed by atoms with van der Waals surface area (Å²) in [5.74, 6) is -1.67. The first-order valence-electron chi connectivity index (χ1n) is 5.31. The van der Waals surface area contributed by atoms with Gasteiger partial charge in [-0.05, 0) is 41.1 Å². The van der Waals surface area contributed by atoms with Crippen LogP contribution in [0, 0.1) is 12.7 Å². The van der Waals surface area contributed by atoms with Crippen LogP contribution in [0.25, 0.3) is 0 Å². The maximum Gasteiger partial charge on any atom is 0.338 e. The number of aryl methyl sites for hydroxylation is 1. The van der Waals surface area contributed by atoms with Crippen LogP contribution in [0.15, 0.2) is 34.8 Å². The van der Waals surface area contributed by atoms with Crippen LogP contribution in [-0.2, 0) is 0 Å². The summed E-state index contributed by atoms with van der Waals surface area (Å²) in [7, 11) is 0. The summed E-state index contributed by atoms with van der Waals surface area (Å²) in [5, 5.41) is 8.71. The van der Waals surface area contributed by atoms with Crippen molar-refractivity contribution in [1.82, 2.24) is 4.98 Å². The molecule has 98 valence electrons. The Bertz CT molecular complexity index is 646. The number of carbonyl (C=O) groups is 1. The van der Waals surface area contributed by atoms with E-state index in [4.69, 9.17) is 9.84 Å². The number of hydrogen-bond acceptors (Lipinski definition) is 3. The lowest BCUT2D eigenvalue weighted by atomic mass is 10.2. The Kier molecular flexibility index (Phi) is 3.80. The smallest absolute Gasteiger partial charge is 0.338 e. The average Bonchev–Trinajstić information content (AvgIpc) is 2.33. The summed E-state index contributed by atoms with van der Waals surface area (Å²) >= 11 is 3.31. The number of nitrogens with zero attached hydrogens (tertiary/aromatic N) is 1. The molecule has 0 saturated carbocycles. The lowest BCUT2D eigenvalue weighted by Gasteiger charge is -2.07. The molecule has 0 radical (unpaired) electrons. The van der Waals surface area contributed by atoms with Crippen molar-refractivity contribution in [3.05, 3.63) is 51.9 Å². The number of halogens is 2. The van der Waals surface area contributed by atoms with Gasteiger partial charge in [0.2, 0.25) is 5.88 Å². The van der Waals surface area contributed by atoms with Crippen molar-refractivity contribution in [2.45, 2.75) is 6.92 Å². The lowest BCUT2D eigenvalue weighted by molar-refractivity contribution is 0.0692. The maximum atomic E-state index is 13.5. The predicted molar refractivity (Wildman–Crippen MR) is 70.1 cm³/mol. The summed E-state index contributed by atoms with van der Waals surface area (Å²) < 4.78 is 19.7. The van der Waals surface area contributed by atoms with E-state index < -0.39 is 17.3 Å². The Morgan fingerprint density at radius 1 is 1.37 bits per heavy atom. The third-order valence-electron chi connectivity index (χ3n) is 2.39. The summed E-state index contributed by atoms with van der Waals surface area (Å²) in [4.78, 5) is 14.8. The van der Waals surface area contributed by atoms with E-state index in [0.717, 1.165) is 22.3 Å². The number of ether oxygens (including phenoxy) is 1. The number of pyridine rings is 1. The fourth-order valence-electron chi connectivity index (χ4n) is 1.43. The van der Waals surface area contributed by atoms with E-state index in [1.165, 1.54) is 6.07 Å².